The van der Waals surface area contributed by atoms with Crippen LogP contribution >= 0.6 is 0 Å². The number of hydrogen-bond acceptors (Lipinski definition) is 4. The molecule has 1 aromatic rings. The van der Waals surface area contributed by atoms with Crippen molar-refractivity contribution in [2.45, 2.75) is 20.0 Å². The van der Waals surface area contributed by atoms with E-state index in [9.17, 15) is 4.79 Å². The molecule has 0 aliphatic carbocycles. The molecule has 4 nitrogen and oxygen atoms in total. The van der Waals surface area contributed by atoms with Crippen LogP contribution in [0.4, 0.5) is 0 Å². The molecule has 0 amide bonds. The van der Waals surface area contributed by atoms with Crippen LogP contribution in [0.2, 0.25) is 0 Å². The van der Waals surface area contributed by atoms with Gasteiger partial charge in [-0.25, -0.2) is 9.78 Å². The van der Waals surface area contributed by atoms with E-state index in [0.717, 1.165) is 0 Å². The molecule has 0 aromatic carbocycles. The van der Waals surface area contributed by atoms with Crippen LogP contribution in [0.1, 0.15) is 23.0 Å². The number of carbonyl (C=O) groups excluding carboxylic acids is 1. The van der Waals surface area contributed by atoms with E-state index in [1.165, 1.54) is 13.3 Å². The average molecular weight is 219 g/mol. The lowest BCUT2D eigenvalue weighted by Crippen LogP contribution is -2.11. The van der Waals surface area contributed by atoms with Gasteiger partial charge in [-0.05, 0) is 25.5 Å². The van der Waals surface area contributed by atoms with E-state index in [0.29, 0.717) is 11.3 Å². The largest absolute Gasteiger partial charge is 0.476 e. The van der Waals surface area contributed by atoms with Crippen LogP contribution in [0.5, 0.6) is 5.75 Å². The minimum atomic E-state index is -0.464. The van der Waals surface area contributed by atoms with E-state index < -0.39 is 5.97 Å². The number of pyridine rings is 1. The van der Waals surface area contributed by atoms with Gasteiger partial charge >= 0.3 is 5.97 Å². The van der Waals surface area contributed by atoms with E-state index in [1.807, 2.05) is 0 Å². The van der Waals surface area contributed by atoms with E-state index in [1.54, 1.807) is 19.9 Å². The van der Waals surface area contributed by atoms with Crippen LogP contribution in [0.3, 0.4) is 0 Å². The second kappa shape index (κ2) is 5.17. The first-order chi connectivity index (χ1) is 7.58. The first-order valence-electron chi connectivity index (χ1n) is 4.76. The molecule has 0 spiro atoms. The lowest BCUT2D eigenvalue weighted by molar-refractivity contribution is 0.0593. The molecule has 84 valence electrons. The smallest absolute Gasteiger partial charge is 0.356 e. The number of esters is 1. The molecule has 0 saturated heterocycles. The van der Waals surface area contributed by atoms with Crippen molar-refractivity contribution >= 4 is 5.97 Å². The fourth-order valence-electron chi connectivity index (χ4n) is 1.16. The predicted octanol–water partition coefficient (Wildman–Crippen LogP) is 1.58. The summed E-state index contributed by atoms with van der Waals surface area (Å²) in [5.74, 6) is 2.51. The molecule has 1 rings (SSSR count). The zero-order valence-corrected chi connectivity index (χ0v) is 9.48. The average Bonchev–Trinajstić information content (AvgIpc) is 2.28. The highest BCUT2D eigenvalue weighted by Crippen LogP contribution is 2.16. The van der Waals surface area contributed by atoms with Crippen molar-refractivity contribution in [1.82, 2.24) is 4.98 Å². The Balaban J connectivity index is 2.92. The topological polar surface area (TPSA) is 48.4 Å². The van der Waals surface area contributed by atoms with Crippen LogP contribution in [-0.2, 0) is 4.74 Å². The van der Waals surface area contributed by atoms with Gasteiger partial charge in [-0.3, -0.25) is 0 Å². The molecule has 1 atom stereocenters. The van der Waals surface area contributed by atoms with Crippen molar-refractivity contribution in [2.24, 2.45) is 0 Å². The van der Waals surface area contributed by atoms with Gasteiger partial charge in [0, 0.05) is 0 Å². The Labute approximate surface area is 94.6 Å². The molecule has 0 aliphatic heterocycles. The minimum Gasteiger partial charge on any atom is -0.476 e. The van der Waals surface area contributed by atoms with Gasteiger partial charge in [0.05, 0.1) is 13.3 Å². The molecule has 16 heavy (non-hydrogen) atoms. The fraction of sp³-hybridized carbons (Fsp3) is 0.333. The van der Waals surface area contributed by atoms with Crippen molar-refractivity contribution in [3.63, 3.8) is 0 Å². The van der Waals surface area contributed by atoms with Gasteiger partial charge in [-0.2, -0.15) is 0 Å². The van der Waals surface area contributed by atoms with E-state index >= 15 is 0 Å². The number of carbonyl (C=O) groups is 1. The van der Waals surface area contributed by atoms with Crippen molar-refractivity contribution in [3.05, 3.63) is 23.5 Å². The molecule has 0 fully saturated rings. The summed E-state index contributed by atoms with van der Waals surface area (Å²) in [6.07, 6.45) is 6.31. The molecule has 0 saturated carbocycles. The number of aromatic nitrogens is 1. The Bertz CT molecular complexity index is 434. The molecular weight excluding hydrogens is 206 g/mol. The summed E-state index contributed by atoms with van der Waals surface area (Å²) in [6.45, 7) is 3.51. The summed E-state index contributed by atoms with van der Waals surface area (Å²) in [5.41, 5.74) is 0.969. The van der Waals surface area contributed by atoms with Crippen molar-refractivity contribution < 1.29 is 14.3 Å². The monoisotopic (exact) mass is 219 g/mol. The lowest BCUT2D eigenvalue weighted by Gasteiger charge is -2.10. The van der Waals surface area contributed by atoms with Gasteiger partial charge in [-0.1, -0.05) is 5.92 Å². The molecule has 0 aliphatic rings. The normalized spacial score (nSPS) is 11.4. The van der Waals surface area contributed by atoms with Gasteiger partial charge in [0.15, 0.2) is 11.8 Å². The van der Waals surface area contributed by atoms with Crippen molar-refractivity contribution in [2.75, 3.05) is 7.11 Å². The van der Waals surface area contributed by atoms with Crippen molar-refractivity contribution in [1.29, 1.82) is 0 Å². The van der Waals surface area contributed by atoms with E-state index in [-0.39, 0.29) is 11.8 Å². The Hall–Kier alpha value is -2.02. The number of ether oxygens (including phenoxy) is 2. The molecular formula is C12H13NO3. The molecule has 0 radical (unpaired) electrons. The molecule has 0 N–H and O–H groups in total. The number of aryl methyl sites for hydroxylation is 1. The maximum Gasteiger partial charge on any atom is 0.356 e. The Kier molecular flexibility index (Phi) is 3.90. The van der Waals surface area contributed by atoms with Gasteiger partial charge in [0.1, 0.15) is 5.75 Å². The summed E-state index contributed by atoms with van der Waals surface area (Å²) in [7, 11) is 1.31. The Morgan fingerprint density at radius 1 is 1.62 bits per heavy atom. The summed E-state index contributed by atoms with van der Waals surface area (Å²) in [4.78, 5) is 15.2. The molecule has 1 aromatic heterocycles. The van der Waals surface area contributed by atoms with Crippen molar-refractivity contribution in [3.8, 4) is 18.1 Å². The second-order valence-corrected chi connectivity index (χ2v) is 3.25. The zero-order chi connectivity index (χ0) is 12.1. The summed E-state index contributed by atoms with van der Waals surface area (Å²) < 4.78 is 9.95. The van der Waals surface area contributed by atoms with E-state index in [4.69, 9.17) is 11.2 Å². The first kappa shape index (κ1) is 12.1. The fourth-order valence-corrected chi connectivity index (χ4v) is 1.16. The summed E-state index contributed by atoms with van der Waals surface area (Å²) in [5, 5.41) is 0. The molecule has 0 unspecified atom stereocenters. The highest BCUT2D eigenvalue weighted by Gasteiger charge is 2.12. The number of terminal acetylenes is 1. The highest BCUT2D eigenvalue weighted by atomic mass is 16.5. The lowest BCUT2D eigenvalue weighted by atomic mass is 10.2. The maximum absolute atomic E-state index is 11.3. The molecule has 0 bridgehead atoms. The summed E-state index contributed by atoms with van der Waals surface area (Å²) >= 11 is 0. The highest BCUT2D eigenvalue weighted by molar-refractivity contribution is 5.88. The van der Waals surface area contributed by atoms with Gasteiger partial charge < -0.3 is 9.47 Å². The number of nitrogens with zero attached hydrogens (tertiary/aromatic N) is 1. The predicted molar refractivity (Wildman–Crippen MR) is 59.2 cm³/mol. The third-order valence-electron chi connectivity index (χ3n) is 1.98. The van der Waals surface area contributed by atoms with Gasteiger partial charge in [0.25, 0.3) is 0 Å². The maximum atomic E-state index is 11.3. The second-order valence-electron chi connectivity index (χ2n) is 3.25. The van der Waals surface area contributed by atoms with Crippen LogP contribution in [0, 0.1) is 19.3 Å². The first-order valence-corrected chi connectivity index (χ1v) is 4.76. The summed E-state index contributed by atoms with van der Waals surface area (Å²) in [6, 6.07) is 1.70. The van der Waals surface area contributed by atoms with Crippen LogP contribution in [0.15, 0.2) is 12.3 Å². The number of methoxy groups -OCH3 is 1. The van der Waals surface area contributed by atoms with Crippen LogP contribution in [-0.4, -0.2) is 24.2 Å². The molecule has 1 heterocycles. The minimum absolute atomic E-state index is 0.281. The Morgan fingerprint density at radius 3 is 2.81 bits per heavy atom. The van der Waals surface area contributed by atoms with E-state index in [2.05, 4.69) is 15.6 Å². The third kappa shape index (κ3) is 2.74. The SMILES string of the molecule is C#C[C@H](C)Oc1cnc(C(=O)OC)c(C)c1. The third-order valence-corrected chi connectivity index (χ3v) is 1.98. The number of hydrogen-bond donors (Lipinski definition) is 0. The van der Waals surface area contributed by atoms with Gasteiger partial charge in [-0.15, -0.1) is 6.42 Å². The van der Waals surface area contributed by atoms with Crippen LogP contribution < -0.4 is 4.74 Å². The van der Waals surface area contributed by atoms with Gasteiger partial charge in [0.2, 0.25) is 0 Å². The molecule has 4 heteroatoms. The number of rotatable bonds is 3. The standard InChI is InChI=1S/C12H13NO3/c1-5-9(3)16-10-6-8(2)11(13-7-10)12(14)15-4/h1,6-7,9H,2-4H3/t9-/m0/s1. The Morgan fingerprint density at radius 2 is 2.31 bits per heavy atom. The quantitative estimate of drug-likeness (QED) is 0.572. The zero-order valence-electron chi connectivity index (χ0n) is 9.48. The van der Waals surface area contributed by atoms with Crippen LogP contribution in [0.25, 0.3) is 0 Å².